The average Bonchev–Trinajstić information content (AvgIpc) is 2.72. The maximum atomic E-state index is 10.3. The number of rotatable bonds is 4. The Labute approximate surface area is 180 Å². The predicted octanol–water partition coefficient (Wildman–Crippen LogP) is 5.53. The van der Waals surface area contributed by atoms with E-state index in [4.69, 9.17) is 21.4 Å². The fourth-order valence-corrected chi connectivity index (χ4v) is 1.44. The largest absolute Gasteiger partial charge is 0.508 e. The maximum absolute atomic E-state index is 10.3. The molecule has 0 amide bonds. The molecule has 27 heavy (non-hydrogen) atoms. The highest BCUT2D eigenvalue weighted by Gasteiger charge is 1.92. The summed E-state index contributed by atoms with van der Waals surface area (Å²) >= 11 is 12.8. The minimum Gasteiger partial charge on any atom is -0.508 e. The molecule has 0 heterocycles. The van der Waals surface area contributed by atoms with Gasteiger partial charge in [0.25, 0.3) is 0 Å². The van der Waals surface area contributed by atoms with Gasteiger partial charge in [-0.3, -0.25) is 9.59 Å². The van der Waals surface area contributed by atoms with Gasteiger partial charge in [-0.1, -0.05) is 54.8 Å². The number of aromatic hydroxyl groups is 1. The third-order valence-electron chi connectivity index (χ3n) is 2.31. The van der Waals surface area contributed by atoms with Crippen LogP contribution in [0.25, 0.3) is 0 Å². The number of hydrogen-bond donors (Lipinski definition) is 1. The van der Waals surface area contributed by atoms with Crippen LogP contribution in [-0.4, -0.2) is 30.2 Å². The predicted molar refractivity (Wildman–Crippen MR) is 124 cm³/mol. The lowest BCUT2D eigenvalue weighted by atomic mass is 10.2. The zero-order valence-corrected chi connectivity index (χ0v) is 19.4. The van der Waals surface area contributed by atoms with Crippen LogP contribution in [0.4, 0.5) is 0 Å². The van der Waals surface area contributed by atoms with Crippen molar-refractivity contribution >= 4 is 63.8 Å². The molecule has 2 aromatic carbocycles. The summed E-state index contributed by atoms with van der Waals surface area (Å²) < 4.78 is 5.19. The van der Waals surface area contributed by atoms with Gasteiger partial charge in [-0.25, -0.2) is 0 Å². The van der Waals surface area contributed by atoms with E-state index < -0.39 is 0 Å². The molecule has 0 unspecified atom stereocenters. The monoisotopic (exact) mass is 464 g/mol. The smallest absolute Gasteiger partial charge is 0.150 e. The van der Waals surface area contributed by atoms with E-state index >= 15 is 0 Å². The van der Waals surface area contributed by atoms with E-state index in [2.05, 4.69) is 39.6 Å². The van der Waals surface area contributed by atoms with E-state index in [1.165, 1.54) is 12.1 Å². The molecule has 148 valence electrons. The molecule has 0 atom stereocenters. The summed E-state index contributed by atoms with van der Waals surface area (Å²) in [6.07, 6.45) is 1.50. The van der Waals surface area contributed by atoms with E-state index in [1.54, 1.807) is 30.3 Å². The van der Waals surface area contributed by atoms with Gasteiger partial charge in [0, 0.05) is 17.0 Å². The second kappa shape index (κ2) is 24.7. The van der Waals surface area contributed by atoms with E-state index in [-0.39, 0.29) is 5.75 Å². The van der Waals surface area contributed by atoms with Gasteiger partial charge in [0.15, 0.2) is 0 Å². The second-order valence-electron chi connectivity index (χ2n) is 4.10. The van der Waals surface area contributed by atoms with Crippen molar-refractivity contribution in [1.82, 2.24) is 0 Å². The third-order valence-corrected chi connectivity index (χ3v) is 2.31. The number of phenols is 1. The first-order chi connectivity index (χ1) is 13.1. The van der Waals surface area contributed by atoms with Gasteiger partial charge in [-0.05, 0) is 47.2 Å². The molecular weight excluding hydrogens is 442 g/mol. The van der Waals surface area contributed by atoms with Crippen LogP contribution in [0.2, 0.25) is 0 Å². The second-order valence-corrected chi connectivity index (χ2v) is 4.64. The van der Waals surface area contributed by atoms with Crippen LogP contribution < -0.4 is 4.74 Å². The molecular formula is C18H23ClO4P2S2. The molecule has 4 nitrogen and oxygen atoms in total. The highest BCUT2D eigenvalue weighted by Crippen LogP contribution is 2.11. The van der Waals surface area contributed by atoms with Crippen LogP contribution in [0.15, 0.2) is 48.5 Å². The molecule has 0 saturated carbocycles. The minimum absolute atomic E-state index is 0.125. The molecule has 0 bridgehead atoms. The van der Waals surface area contributed by atoms with Gasteiger partial charge in [0.05, 0.1) is 6.61 Å². The normalized spacial score (nSPS) is 7.67. The Balaban J connectivity index is -0.000000324. The summed E-state index contributed by atoms with van der Waals surface area (Å²) in [4.78, 5) is 20.4. The topological polar surface area (TPSA) is 63.6 Å². The Bertz CT molecular complexity index is 632. The molecule has 1 N–H and O–H groups in total. The highest BCUT2D eigenvalue weighted by atomic mass is 35.5. The lowest BCUT2D eigenvalue weighted by Gasteiger charge is -2.01. The molecule has 0 aliphatic heterocycles. The Kier molecular flexibility index (Phi) is 27.9. The van der Waals surface area contributed by atoms with Gasteiger partial charge in [-0.15, -0.1) is 11.6 Å². The average molecular weight is 465 g/mol. The fraction of sp³-hybridized carbons (Fsp3) is 0.222. The SMILES string of the molecule is CCCl.CCOc1cccc(C=O)c1.O=Cc1cccc(O)c1.P=S.P=S. The minimum atomic E-state index is 0.125. The lowest BCUT2D eigenvalue weighted by Crippen LogP contribution is -1.91. The zero-order chi connectivity index (χ0) is 21.5. The number of alkyl halides is 1. The van der Waals surface area contributed by atoms with E-state index in [9.17, 15) is 9.59 Å². The van der Waals surface area contributed by atoms with Crippen molar-refractivity contribution in [2.75, 3.05) is 12.5 Å². The number of carbonyl (C=O) groups is 2. The van der Waals surface area contributed by atoms with Crippen molar-refractivity contribution < 1.29 is 19.4 Å². The molecule has 0 aliphatic carbocycles. The van der Waals surface area contributed by atoms with Gasteiger partial charge in [0.2, 0.25) is 0 Å². The van der Waals surface area contributed by atoms with E-state index in [1.807, 2.05) is 19.9 Å². The number of halogens is 1. The highest BCUT2D eigenvalue weighted by molar-refractivity contribution is 7.89. The number of phenolic OH excluding ortho intramolecular Hbond substituents is 1. The molecule has 0 spiro atoms. The Morgan fingerprint density at radius 2 is 1.41 bits per heavy atom. The van der Waals surface area contributed by atoms with Crippen molar-refractivity contribution in [3.63, 3.8) is 0 Å². The van der Waals surface area contributed by atoms with Crippen LogP contribution >= 0.6 is 27.6 Å². The first-order valence-electron chi connectivity index (χ1n) is 7.50. The number of hydrogen-bond acceptors (Lipinski definition) is 6. The Morgan fingerprint density at radius 3 is 1.78 bits per heavy atom. The van der Waals surface area contributed by atoms with Crippen molar-refractivity contribution in [1.29, 1.82) is 0 Å². The van der Waals surface area contributed by atoms with Crippen molar-refractivity contribution in [2.45, 2.75) is 13.8 Å². The standard InChI is InChI=1S/C9H10O2.C7H6O2.C2H5Cl.2HPS/c1-2-11-9-5-3-4-8(6-9)7-10;8-5-6-2-1-3-7(9)4-6;1-2-3;2*1-2/h3-7H,2H2,1H3;1-5,9H;2H2,1H3;2*1H. The van der Waals surface area contributed by atoms with Crippen LogP contribution in [0, 0.1) is 0 Å². The molecule has 0 aromatic heterocycles. The third kappa shape index (κ3) is 19.3. The fourth-order valence-electron chi connectivity index (χ4n) is 1.44. The first kappa shape index (κ1) is 30.4. The van der Waals surface area contributed by atoms with Gasteiger partial charge in [-0.2, -0.15) is 0 Å². The summed E-state index contributed by atoms with van der Waals surface area (Å²) in [6, 6.07) is 13.3. The number of carbonyl (C=O) groups excluding carboxylic acids is 2. The van der Waals surface area contributed by atoms with Gasteiger partial charge >= 0.3 is 0 Å². The summed E-state index contributed by atoms with van der Waals surface area (Å²) in [5.74, 6) is 1.59. The molecule has 0 radical (unpaired) electrons. The van der Waals surface area contributed by atoms with Crippen molar-refractivity contribution in [3.05, 3.63) is 59.7 Å². The molecule has 9 heteroatoms. The van der Waals surface area contributed by atoms with Gasteiger partial charge < -0.3 is 9.84 Å². The maximum Gasteiger partial charge on any atom is 0.150 e. The van der Waals surface area contributed by atoms with Crippen molar-refractivity contribution in [2.24, 2.45) is 0 Å². The van der Waals surface area contributed by atoms with E-state index in [0.717, 1.165) is 17.9 Å². The molecule has 2 aromatic rings. The molecule has 0 fully saturated rings. The summed E-state index contributed by atoms with van der Waals surface area (Å²) in [5, 5.41) is 8.79. The first-order valence-corrected chi connectivity index (χ1v) is 11.3. The van der Waals surface area contributed by atoms with Crippen LogP contribution in [0.3, 0.4) is 0 Å². The number of ether oxygens (including phenoxy) is 1. The molecule has 0 aliphatic rings. The number of benzene rings is 2. The summed E-state index contributed by atoms with van der Waals surface area (Å²) in [6.45, 7) is 4.43. The van der Waals surface area contributed by atoms with E-state index in [0.29, 0.717) is 24.0 Å². The lowest BCUT2D eigenvalue weighted by molar-refractivity contribution is 0.111. The van der Waals surface area contributed by atoms with Crippen molar-refractivity contribution in [3.8, 4) is 11.5 Å². The van der Waals surface area contributed by atoms with Crippen LogP contribution in [-0.2, 0) is 23.6 Å². The Hall–Kier alpha value is -1.29. The van der Waals surface area contributed by atoms with Crippen LogP contribution in [0.1, 0.15) is 34.6 Å². The quantitative estimate of drug-likeness (QED) is 0.364. The Morgan fingerprint density at radius 1 is 0.963 bits per heavy atom. The summed E-state index contributed by atoms with van der Waals surface area (Å²) in [5.41, 5.74) is 1.14. The molecule has 2 rings (SSSR count). The van der Waals surface area contributed by atoms with Gasteiger partial charge in [0.1, 0.15) is 24.1 Å². The summed E-state index contributed by atoms with van der Waals surface area (Å²) in [7, 11) is 5.11. The molecule has 0 saturated heterocycles. The zero-order valence-electron chi connectivity index (χ0n) is 15.1. The van der Waals surface area contributed by atoms with Crippen LogP contribution in [0.5, 0.6) is 11.5 Å². The number of aldehydes is 2.